The van der Waals surface area contributed by atoms with E-state index in [0.29, 0.717) is 13.1 Å². The van der Waals surface area contributed by atoms with Gasteiger partial charge in [-0.05, 0) is 24.6 Å². The zero-order valence-corrected chi connectivity index (χ0v) is 9.93. The van der Waals surface area contributed by atoms with Gasteiger partial charge >= 0.3 is 0 Å². The van der Waals surface area contributed by atoms with Crippen LogP contribution in [0.3, 0.4) is 0 Å². The van der Waals surface area contributed by atoms with Crippen LogP contribution < -0.4 is 0 Å². The SMILES string of the molecule is C=CCN(Cc1ccncc1)C(=O)CC(C)=O. The van der Waals surface area contributed by atoms with Gasteiger partial charge in [0.05, 0.1) is 6.42 Å². The number of hydrogen-bond donors (Lipinski definition) is 0. The number of nitrogens with zero attached hydrogens (tertiary/aromatic N) is 2. The van der Waals surface area contributed by atoms with Crippen molar-refractivity contribution < 1.29 is 9.59 Å². The Bertz CT molecular complexity index is 401. The Balaban J connectivity index is 2.69. The van der Waals surface area contributed by atoms with E-state index in [4.69, 9.17) is 0 Å². The molecule has 90 valence electrons. The van der Waals surface area contributed by atoms with E-state index in [1.54, 1.807) is 23.4 Å². The van der Waals surface area contributed by atoms with Crippen LogP contribution in [0.15, 0.2) is 37.2 Å². The first-order valence-electron chi connectivity index (χ1n) is 5.40. The van der Waals surface area contributed by atoms with E-state index in [1.165, 1.54) is 6.92 Å². The van der Waals surface area contributed by atoms with Crippen molar-refractivity contribution in [3.05, 3.63) is 42.7 Å². The maximum atomic E-state index is 11.8. The lowest BCUT2D eigenvalue weighted by Crippen LogP contribution is -2.31. The van der Waals surface area contributed by atoms with Gasteiger partial charge in [-0.3, -0.25) is 14.6 Å². The molecule has 0 N–H and O–H groups in total. The molecule has 0 saturated carbocycles. The van der Waals surface area contributed by atoms with Crippen LogP contribution in [0.1, 0.15) is 18.9 Å². The quantitative estimate of drug-likeness (QED) is 0.552. The monoisotopic (exact) mass is 232 g/mol. The van der Waals surface area contributed by atoms with Crippen molar-refractivity contribution in [1.82, 2.24) is 9.88 Å². The molecule has 0 aromatic carbocycles. The van der Waals surface area contributed by atoms with Crippen molar-refractivity contribution in [2.24, 2.45) is 0 Å². The van der Waals surface area contributed by atoms with Crippen molar-refractivity contribution in [1.29, 1.82) is 0 Å². The normalized spacial score (nSPS) is 9.71. The third-order valence-electron chi connectivity index (χ3n) is 2.23. The number of hydrogen-bond acceptors (Lipinski definition) is 3. The lowest BCUT2D eigenvalue weighted by Gasteiger charge is -2.20. The summed E-state index contributed by atoms with van der Waals surface area (Å²) in [5.41, 5.74) is 0.985. The van der Waals surface area contributed by atoms with Crippen LogP contribution in [0, 0.1) is 0 Å². The molecular weight excluding hydrogens is 216 g/mol. The Kier molecular flexibility index (Phi) is 5.07. The van der Waals surface area contributed by atoms with Crippen molar-refractivity contribution >= 4 is 11.7 Å². The van der Waals surface area contributed by atoms with E-state index < -0.39 is 0 Å². The van der Waals surface area contributed by atoms with Gasteiger partial charge in [-0.25, -0.2) is 0 Å². The predicted molar refractivity (Wildman–Crippen MR) is 65.1 cm³/mol. The van der Waals surface area contributed by atoms with Crippen LogP contribution in [0.4, 0.5) is 0 Å². The van der Waals surface area contributed by atoms with Gasteiger partial charge in [0.25, 0.3) is 0 Å². The lowest BCUT2D eigenvalue weighted by molar-refractivity contribution is -0.134. The molecule has 0 saturated heterocycles. The summed E-state index contributed by atoms with van der Waals surface area (Å²) in [6.45, 7) is 5.94. The van der Waals surface area contributed by atoms with Gasteiger partial charge in [-0.1, -0.05) is 6.08 Å². The second-order valence-corrected chi connectivity index (χ2v) is 3.80. The first-order valence-corrected chi connectivity index (χ1v) is 5.40. The molecule has 0 aliphatic carbocycles. The predicted octanol–water partition coefficient (Wildman–Crippen LogP) is 1.58. The smallest absolute Gasteiger partial charge is 0.230 e. The van der Waals surface area contributed by atoms with E-state index >= 15 is 0 Å². The minimum absolute atomic E-state index is 0.0566. The van der Waals surface area contributed by atoms with Crippen LogP contribution in [-0.2, 0) is 16.1 Å². The molecule has 1 aromatic heterocycles. The highest BCUT2D eigenvalue weighted by Gasteiger charge is 2.14. The maximum Gasteiger partial charge on any atom is 0.230 e. The largest absolute Gasteiger partial charge is 0.334 e. The third kappa shape index (κ3) is 4.59. The van der Waals surface area contributed by atoms with Gasteiger partial charge in [-0.15, -0.1) is 6.58 Å². The zero-order chi connectivity index (χ0) is 12.7. The summed E-state index contributed by atoms with van der Waals surface area (Å²) in [6.07, 6.45) is 4.95. The number of pyridine rings is 1. The third-order valence-corrected chi connectivity index (χ3v) is 2.23. The average molecular weight is 232 g/mol. The Morgan fingerprint density at radius 2 is 2.06 bits per heavy atom. The van der Waals surface area contributed by atoms with E-state index in [0.717, 1.165) is 5.56 Å². The average Bonchev–Trinajstić information content (AvgIpc) is 2.29. The fraction of sp³-hybridized carbons (Fsp3) is 0.308. The van der Waals surface area contributed by atoms with Gasteiger partial charge in [0.1, 0.15) is 5.78 Å². The number of ketones is 1. The second kappa shape index (κ2) is 6.58. The maximum absolute atomic E-state index is 11.8. The molecule has 4 heteroatoms. The lowest BCUT2D eigenvalue weighted by atomic mass is 10.2. The van der Waals surface area contributed by atoms with Crippen LogP contribution >= 0.6 is 0 Å². The van der Waals surface area contributed by atoms with Crippen molar-refractivity contribution in [3.63, 3.8) is 0 Å². The van der Waals surface area contributed by atoms with Crippen LogP contribution in [-0.4, -0.2) is 28.1 Å². The molecule has 0 unspecified atom stereocenters. The molecule has 1 heterocycles. The summed E-state index contributed by atoms with van der Waals surface area (Å²) in [4.78, 5) is 28.2. The van der Waals surface area contributed by atoms with Crippen molar-refractivity contribution in [2.75, 3.05) is 6.54 Å². The number of carbonyl (C=O) groups excluding carboxylic acids is 2. The molecule has 0 atom stereocenters. The minimum Gasteiger partial charge on any atom is -0.334 e. The second-order valence-electron chi connectivity index (χ2n) is 3.80. The van der Waals surface area contributed by atoms with E-state index in [9.17, 15) is 9.59 Å². The van der Waals surface area contributed by atoms with Gasteiger partial charge in [0.15, 0.2) is 0 Å². The number of rotatable bonds is 6. The van der Waals surface area contributed by atoms with E-state index in [2.05, 4.69) is 11.6 Å². The Labute approximate surface area is 101 Å². The summed E-state index contributed by atoms with van der Waals surface area (Å²) < 4.78 is 0. The van der Waals surface area contributed by atoms with Gasteiger partial charge in [-0.2, -0.15) is 0 Å². The highest BCUT2D eigenvalue weighted by molar-refractivity contribution is 5.96. The first kappa shape index (κ1) is 13.1. The molecule has 1 aromatic rings. The standard InChI is InChI=1S/C13H16N2O2/c1-3-8-15(13(17)9-11(2)16)10-12-4-6-14-7-5-12/h3-7H,1,8-10H2,2H3. The molecule has 0 radical (unpaired) electrons. The summed E-state index contributed by atoms with van der Waals surface area (Å²) in [5, 5.41) is 0. The van der Waals surface area contributed by atoms with E-state index in [1.807, 2.05) is 12.1 Å². The number of carbonyl (C=O) groups is 2. The first-order chi connectivity index (χ1) is 8.13. The highest BCUT2D eigenvalue weighted by Crippen LogP contribution is 2.05. The number of aromatic nitrogens is 1. The summed E-state index contributed by atoms with van der Waals surface area (Å²) >= 11 is 0. The molecule has 0 bridgehead atoms. The van der Waals surface area contributed by atoms with Crippen molar-refractivity contribution in [2.45, 2.75) is 19.9 Å². The molecule has 1 amide bonds. The molecule has 0 spiro atoms. The molecule has 17 heavy (non-hydrogen) atoms. The number of Topliss-reactive ketones (excluding diaryl/α,β-unsaturated/α-hetero) is 1. The molecule has 1 rings (SSSR count). The van der Waals surface area contributed by atoms with Gasteiger partial charge in [0, 0.05) is 25.5 Å². The fourth-order valence-corrected chi connectivity index (χ4v) is 1.44. The molecule has 4 nitrogen and oxygen atoms in total. The van der Waals surface area contributed by atoms with Gasteiger partial charge < -0.3 is 4.90 Å². The molecular formula is C13H16N2O2. The van der Waals surface area contributed by atoms with Crippen LogP contribution in [0.5, 0.6) is 0 Å². The Morgan fingerprint density at radius 1 is 1.41 bits per heavy atom. The summed E-state index contributed by atoms with van der Waals surface area (Å²) in [7, 11) is 0. The number of amides is 1. The highest BCUT2D eigenvalue weighted by atomic mass is 16.2. The minimum atomic E-state index is -0.172. The van der Waals surface area contributed by atoms with Crippen molar-refractivity contribution in [3.8, 4) is 0 Å². The summed E-state index contributed by atoms with van der Waals surface area (Å²) in [5.74, 6) is -0.298. The Hall–Kier alpha value is -1.97. The van der Waals surface area contributed by atoms with Gasteiger partial charge in [0.2, 0.25) is 5.91 Å². The van der Waals surface area contributed by atoms with Crippen LogP contribution in [0.25, 0.3) is 0 Å². The molecule has 0 aliphatic rings. The zero-order valence-electron chi connectivity index (χ0n) is 9.93. The topological polar surface area (TPSA) is 50.3 Å². The summed E-state index contributed by atoms with van der Waals surface area (Å²) in [6, 6.07) is 3.69. The van der Waals surface area contributed by atoms with Crippen LogP contribution in [0.2, 0.25) is 0 Å². The fourth-order valence-electron chi connectivity index (χ4n) is 1.44. The van der Waals surface area contributed by atoms with E-state index in [-0.39, 0.29) is 18.1 Å². The molecule has 0 fully saturated rings. The molecule has 0 aliphatic heterocycles. The Morgan fingerprint density at radius 3 is 2.59 bits per heavy atom.